The number of hydrogen-bond donors (Lipinski definition) is 2. The van der Waals surface area contributed by atoms with Crippen molar-refractivity contribution in [3.05, 3.63) is 59.8 Å². The van der Waals surface area contributed by atoms with Crippen LogP contribution in [0.2, 0.25) is 0 Å². The van der Waals surface area contributed by atoms with Gasteiger partial charge in [0, 0.05) is 44.8 Å². The molecule has 198 valence electrons. The molecule has 3 aromatic rings. The number of fused-ring (bicyclic) bond motifs is 1. The van der Waals surface area contributed by atoms with E-state index >= 15 is 0 Å². The Hall–Kier alpha value is -4.21. The summed E-state index contributed by atoms with van der Waals surface area (Å²) in [6.45, 7) is 1.07. The number of rotatable bonds is 7. The normalized spacial score (nSPS) is 18.3. The molecule has 10 heteroatoms. The number of aromatic nitrogens is 2. The standard InChI is InChI=1S/C28H31N5O5/c1-32-27-20(26(31-32)21-10-11-23(34)30-28(21)37)8-5-9-22(27)38-19-12-14-33(15-13-19)25(36)17-29-24(35)16-18-6-3-2-4-7-18/h2-9,19,21H,10-17H2,1H3,(H,29,35)(H,30,34,37). The average molecular weight is 518 g/mol. The van der Waals surface area contributed by atoms with Crippen molar-refractivity contribution in [2.45, 2.75) is 44.1 Å². The number of nitrogens with one attached hydrogen (secondary N) is 2. The lowest BCUT2D eigenvalue weighted by molar-refractivity contribution is -0.135. The number of benzene rings is 2. The third kappa shape index (κ3) is 5.53. The van der Waals surface area contributed by atoms with E-state index in [0.717, 1.165) is 16.5 Å². The summed E-state index contributed by atoms with van der Waals surface area (Å²) in [7, 11) is 1.82. The molecule has 5 rings (SSSR count). The summed E-state index contributed by atoms with van der Waals surface area (Å²) in [5.74, 6) is -0.657. The number of carbonyl (C=O) groups is 4. The van der Waals surface area contributed by atoms with Crippen LogP contribution in [0, 0.1) is 0 Å². The Morgan fingerprint density at radius 3 is 2.55 bits per heavy atom. The fourth-order valence-corrected chi connectivity index (χ4v) is 5.17. The second-order valence-electron chi connectivity index (χ2n) is 9.80. The van der Waals surface area contributed by atoms with Crippen LogP contribution in [0.3, 0.4) is 0 Å². The van der Waals surface area contributed by atoms with E-state index < -0.39 is 5.92 Å². The maximum Gasteiger partial charge on any atom is 0.241 e. The SMILES string of the molecule is Cn1nc(C2CCC(=O)NC2=O)c2cccc(OC3CCN(C(=O)CNC(=O)Cc4ccccc4)CC3)c21. The van der Waals surface area contributed by atoms with Crippen LogP contribution in [0.15, 0.2) is 48.5 Å². The molecule has 0 saturated carbocycles. The summed E-state index contributed by atoms with van der Waals surface area (Å²) in [5, 5.41) is 10.6. The Balaban J connectivity index is 1.17. The van der Waals surface area contributed by atoms with Gasteiger partial charge in [-0.2, -0.15) is 5.10 Å². The van der Waals surface area contributed by atoms with E-state index in [1.54, 1.807) is 9.58 Å². The highest BCUT2D eigenvalue weighted by Crippen LogP contribution is 2.35. The summed E-state index contributed by atoms with van der Waals surface area (Å²) in [6.07, 6.45) is 2.22. The first kappa shape index (κ1) is 25.4. The lowest BCUT2D eigenvalue weighted by Gasteiger charge is -2.32. The zero-order valence-corrected chi connectivity index (χ0v) is 21.3. The summed E-state index contributed by atoms with van der Waals surface area (Å²) >= 11 is 0. The predicted molar refractivity (Wildman–Crippen MR) is 139 cm³/mol. The smallest absolute Gasteiger partial charge is 0.241 e. The van der Waals surface area contributed by atoms with E-state index in [1.165, 1.54) is 0 Å². The van der Waals surface area contributed by atoms with E-state index in [2.05, 4.69) is 15.7 Å². The largest absolute Gasteiger partial charge is 0.488 e. The molecule has 2 N–H and O–H groups in total. The van der Waals surface area contributed by atoms with Gasteiger partial charge in [-0.15, -0.1) is 0 Å². The van der Waals surface area contributed by atoms with Crippen LogP contribution in [0.5, 0.6) is 5.75 Å². The van der Waals surface area contributed by atoms with Gasteiger partial charge < -0.3 is 15.0 Å². The Kier molecular flexibility index (Phi) is 7.39. The van der Waals surface area contributed by atoms with Gasteiger partial charge in [-0.05, 0) is 18.1 Å². The molecule has 2 saturated heterocycles. The number of piperidine rings is 2. The van der Waals surface area contributed by atoms with Gasteiger partial charge in [-0.1, -0.05) is 42.5 Å². The van der Waals surface area contributed by atoms with Gasteiger partial charge in [0.1, 0.15) is 17.4 Å². The third-order valence-corrected chi connectivity index (χ3v) is 7.16. The molecule has 0 aliphatic carbocycles. The van der Waals surface area contributed by atoms with E-state index in [0.29, 0.717) is 50.2 Å². The van der Waals surface area contributed by atoms with Gasteiger partial charge in [0.15, 0.2) is 0 Å². The number of ether oxygens (including phenoxy) is 1. The average Bonchev–Trinajstić information content (AvgIpc) is 3.25. The van der Waals surface area contributed by atoms with Crippen molar-refractivity contribution < 1.29 is 23.9 Å². The topological polar surface area (TPSA) is 123 Å². The molecule has 1 unspecified atom stereocenters. The third-order valence-electron chi connectivity index (χ3n) is 7.16. The molecule has 10 nitrogen and oxygen atoms in total. The van der Waals surface area contributed by atoms with Gasteiger partial charge in [-0.25, -0.2) is 0 Å². The van der Waals surface area contributed by atoms with Crippen molar-refractivity contribution in [1.29, 1.82) is 0 Å². The number of nitrogens with zero attached hydrogens (tertiary/aromatic N) is 3. The number of imide groups is 1. The van der Waals surface area contributed by atoms with Crippen LogP contribution in [0.1, 0.15) is 42.9 Å². The molecule has 0 radical (unpaired) electrons. The molecule has 2 aromatic carbocycles. The molecule has 2 aliphatic rings. The molecule has 2 aliphatic heterocycles. The van der Waals surface area contributed by atoms with Crippen LogP contribution in [-0.4, -0.2) is 64.0 Å². The van der Waals surface area contributed by atoms with Crippen molar-refractivity contribution >= 4 is 34.5 Å². The van der Waals surface area contributed by atoms with Crippen LogP contribution >= 0.6 is 0 Å². The van der Waals surface area contributed by atoms with Crippen molar-refractivity contribution in [2.24, 2.45) is 7.05 Å². The molecule has 0 spiro atoms. The maximum absolute atomic E-state index is 12.6. The Labute approximate surface area is 220 Å². The number of para-hydroxylation sites is 1. The second kappa shape index (κ2) is 11.0. The Morgan fingerprint density at radius 1 is 1.05 bits per heavy atom. The second-order valence-corrected chi connectivity index (χ2v) is 9.80. The van der Waals surface area contributed by atoms with E-state index in [-0.39, 0.29) is 42.7 Å². The van der Waals surface area contributed by atoms with Crippen LogP contribution in [-0.2, 0) is 32.6 Å². The van der Waals surface area contributed by atoms with Gasteiger partial charge in [0.2, 0.25) is 23.6 Å². The summed E-state index contributed by atoms with van der Waals surface area (Å²) in [6, 6.07) is 15.1. The fourth-order valence-electron chi connectivity index (χ4n) is 5.17. The fraction of sp³-hybridized carbons (Fsp3) is 0.393. The Morgan fingerprint density at radius 2 is 1.82 bits per heavy atom. The highest BCUT2D eigenvalue weighted by atomic mass is 16.5. The monoisotopic (exact) mass is 517 g/mol. The molecular formula is C28H31N5O5. The molecule has 0 bridgehead atoms. The summed E-state index contributed by atoms with van der Waals surface area (Å²) < 4.78 is 8.09. The zero-order chi connectivity index (χ0) is 26.6. The van der Waals surface area contributed by atoms with Crippen LogP contribution in [0.25, 0.3) is 10.9 Å². The molecule has 4 amide bonds. The van der Waals surface area contributed by atoms with Gasteiger partial charge in [0.05, 0.1) is 24.6 Å². The molecule has 3 heterocycles. The van der Waals surface area contributed by atoms with E-state index in [9.17, 15) is 19.2 Å². The summed E-state index contributed by atoms with van der Waals surface area (Å²) in [5.41, 5.74) is 2.35. The number of aryl methyl sites for hydroxylation is 1. The van der Waals surface area contributed by atoms with Crippen molar-refractivity contribution in [3.8, 4) is 5.75 Å². The number of likely N-dealkylation sites (tertiary alicyclic amines) is 1. The molecule has 1 atom stereocenters. The lowest BCUT2D eigenvalue weighted by Crippen LogP contribution is -2.46. The molecule has 1 aromatic heterocycles. The highest BCUT2D eigenvalue weighted by Gasteiger charge is 2.32. The van der Waals surface area contributed by atoms with Crippen molar-refractivity contribution in [2.75, 3.05) is 19.6 Å². The first-order chi connectivity index (χ1) is 18.4. The zero-order valence-electron chi connectivity index (χ0n) is 21.3. The number of carbonyl (C=O) groups excluding carboxylic acids is 4. The van der Waals surface area contributed by atoms with Gasteiger partial charge in [-0.3, -0.25) is 29.2 Å². The Bertz CT molecular complexity index is 1360. The van der Waals surface area contributed by atoms with Crippen molar-refractivity contribution in [3.63, 3.8) is 0 Å². The predicted octanol–water partition coefficient (Wildman–Crippen LogP) is 1.82. The van der Waals surface area contributed by atoms with Gasteiger partial charge >= 0.3 is 0 Å². The first-order valence-corrected chi connectivity index (χ1v) is 12.9. The molecular weight excluding hydrogens is 486 g/mol. The molecule has 38 heavy (non-hydrogen) atoms. The van der Waals surface area contributed by atoms with E-state index in [4.69, 9.17) is 4.74 Å². The minimum absolute atomic E-state index is 0.0192. The maximum atomic E-state index is 12.6. The molecule has 2 fully saturated rings. The number of amides is 4. The summed E-state index contributed by atoms with van der Waals surface area (Å²) in [4.78, 5) is 50.6. The van der Waals surface area contributed by atoms with E-state index in [1.807, 2.05) is 55.6 Å². The van der Waals surface area contributed by atoms with Crippen molar-refractivity contribution in [1.82, 2.24) is 25.3 Å². The first-order valence-electron chi connectivity index (χ1n) is 12.9. The lowest BCUT2D eigenvalue weighted by atomic mass is 9.93. The van der Waals surface area contributed by atoms with Gasteiger partial charge in [0.25, 0.3) is 0 Å². The van der Waals surface area contributed by atoms with Crippen LogP contribution in [0.4, 0.5) is 0 Å². The minimum atomic E-state index is -0.478. The quantitative estimate of drug-likeness (QED) is 0.461. The van der Waals surface area contributed by atoms with Crippen LogP contribution < -0.4 is 15.4 Å². The number of hydrogen-bond acceptors (Lipinski definition) is 6. The minimum Gasteiger partial charge on any atom is -0.488 e. The highest BCUT2D eigenvalue weighted by molar-refractivity contribution is 6.03.